The fourth-order valence-corrected chi connectivity index (χ4v) is 3.91. The molecule has 3 aromatic carbocycles. The van der Waals surface area contributed by atoms with Crippen molar-refractivity contribution in [3.05, 3.63) is 99.6 Å². The lowest BCUT2D eigenvalue weighted by atomic mass is 10.0. The van der Waals surface area contributed by atoms with Gasteiger partial charge in [-0.1, -0.05) is 18.2 Å². The van der Waals surface area contributed by atoms with Crippen LogP contribution in [-0.4, -0.2) is 23.8 Å². The summed E-state index contributed by atoms with van der Waals surface area (Å²) in [6.07, 6.45) is 1.48. The second-order valence-electron chi connectivity index (χ2n) is 7.60. The maximum atomic E-state index is 14.4. The van der Waals surface area contributed by atoms with Crippen molar-refractivity contribution in [1.29, 1.82) is 0 Å². The van der Waals surface area contributed by atoms with Gasteiger partial charge in [0, 0.05) is 23.4 Å². The summed E-state index contributed by atoms with van der Waals surface area (Å²) in [5.41, 5.74) is 0.872. The number of rotatable bonds is 6. The lowest BCUT2D eigenvalue weighted by Gasteiger charge is -2.15. The third-order valence-electron chi connectivity index (χ3n) is 5.55. The number of fused-ring (bicyclic) bond motifs is 2. The minimum atomic E-state index is -0.426. The molecule has 1 aliphatic rings. The number of hydrogen-bond acceptors (Lipinski definition) is 5. The Labute approximate surface area is 188 Å². The summed E-state index contributed by atoms with van der Waals surface area (Å²) >= 11 is 0. The molecule has 0 amide bonds. The van der Waals surface area contributed by atoms with Crippen molar-refractivity contribution in [2.75, 3.05) is 13.4 Å². The minimum absolute atomic E-state index is 0.0122. The summed E-state index contributed by atoms with van der Waals surface area (Å²) in [5, 5.41) is 0.298. The van der Waals surface area contributed by atoms with Crippen molar-refractivity contribution in [2.45, 2.75) is 13.5 Å². The normalized spacial score (nSPS) is 12.2. The first-order valence-electron chi connectivity index (χ1n) is 10.5. The standard InChI is InChI=1S/C26H20FNO5/c1-2-31-18-9-7-16(8-10-18)25(29)20-14-28(13-17-5-3-4-6-21(17)27)22-12-24-23(32-15-33-24)11-19(22)26(20)30/h3-12,14H,2,13,15H2,1H3. The van der Waals surface area contributed by atoms with Gasteiger partial charge >= 0.3 is 0 Å². The Bertz CT molecular complexity index is 1430. The third kappa shape index (κ3) is 3.82. The van der Waals surface area contributed by atoms with E-state index >= 15 is 0 Å². The zero-order chi connectivity index (χ0) is 22.9. The summed E-state index contributed by atoms with van der Waals surface area (Å²) in [5.74, 6) is 0.768. The van der Waals surface area contributed by atoms with E-state index in [-0.39, 0.29) is 24.7 Å². The summed E-state index contributed by atoms with van der Waals surface area (Å²) in [4.78, 5) is 26.7. The van der Waals surface area contributed by atoms with Gasteiger partial charge in [-0.3, -0.25) is 9.59 Å². The highest BCUT2D eigenvalue weighted by Gasteiger charge is 2.22. The summed E-state index contributed by atoms with van der Waals surface area (Å²) in [7, 11) is 0. The monoisotopic (exact) mass is 445 g/mol. The van der Waals surface area contributed by atoms with Gasteiger partial charge in [0.05, 0.1) is 29.6 Å². The van der Waals surface area contributed by atoms with Crippen LogP contribution in [0, 0.1) is 5.82 Å². The minimum Gasteiger partial charge on any atom is -0.494 e. The molecule has 6 nitrogen and oxygen atoms in total. The van der Waals surface area contributed by atoms with Gasteiger partial charge in [-0.15, -0.1) is 0 Å². The maximum absolute atomic E-state index is 14.4. The molecule has 0 unspecified atom stereocenters. The Morgan fingerprint density at radius 2 is 1.79 bits per heavy atom. The highest BCUT2D eigenvalue weighted by Crippen LogP contribution is 2.35. The molecule has 0 atom stereocenters. The van der Waals surface area contributed by atoms with E-state index in [1.807, 2.05) is 6.92 Å². The van der Waals surface area contributed by atoms with E-state index in [2.05, 4.69) is 0 Å². The van der Waals surface area contributed by atoms with Crippen molar-refractivity contribution in [1.82, 2.24) is 4.57 Å². The molecule has 0 saturated heterocycles. The van der Waals surface area contributed by atoms with Crippen LogP contribution in [0.15, 0.2) is 71.7 Å². The van der Waals surface area contributed by atoms with E-state index in [1.165, 1.54) is 12.3 Å². The maximum Gasteiger partial charge on any atom is 0.231 e. The molecule has 1 aromatic heterocycles. The van der Waals surface area contributed by atoms with E-state index in [0.29, 0.717) is 45.9 Å². The molecule has 166 valence electrons. The molecule has 1 aliphatic heterocycles. The van der Waals surface area contributed by atoms with E-state index in [1.54, 1.807) is 59.2 Å². The molecule has 2 heterocycles. The summed E-state index contributed by atoms with van der Waals surface area (Å²) in [6.45, 7) is 2.56. The number of nitrogens with zero attached hydrogens (tertiary/aromatic N) is 1. The molecule has 0 bridgehead atoms. The number of ketones is 1. The number of benzene rings is 3. The van der Waals surface area contributed by atoms with E-state index in [4.69, 9.17) is 14.2 Å². The molecule has 4 aromatic rings. The number of pyridine rings is 1. The molecule has 5 rings (SSSR count). The number of carbonyl (C=O) groups is 1. The number of ether oxygens (including phenoxy) is 3. The van der Waals surface area contributed by atoms with Crippen LogP contribution in [0.3, 0.4) is 0 Å². The summed E-state index contributed by atoms with van der Waals surface area (Å²) in [6, 6.07) is 16.3. The van der Waals surface area contributed by atoms with Crippen molar-refractivity contribution in [2.24, 2.45) is 0 Å². The van der Waals surface area contributed by atoms with E-state index < -0.39 is 11.2 Å². The van der Waals surface area contributed by atoms with Crippen molar-refractivity contribution in [3.8, 4) is 17.2 Å². The highest BCUT2D eigenvalue weighted by atomic mass is 19.1. The van der Waals surface area contributed by atoms with Crippen LogP contribution in [0.1, 0.15) is 28.4 Å². The van der Waals surface area contributed by atoms with Crippen LogP contribution in [0.25, 0.3) is 10.9 Å². The molecule has 0 N–H and O–H groups in total. The molecule has 0 spiro atoms. The van der Waals surface area contributed by atoms with Crippen LogP contribution in [0.5, 0.6) is 17.2 Å². The first-order chi connectivity index (χ1) is 16.0. The molecule has 33 heavy (non-hydrogen) atoms. The van der Waals surface area contributed by atoms with Crippen LogP contribution in [0.2, 0.25) is 0 Å². The van der Waals surface area contributed by atoms with Crippen LogP contribution >= 0.6 is 0 Å². The number of hydrogen-bond donors (Lipinski definition) is 0. The average molecular weight is 445 g/mol. The Morgan fingerprint density at radius 1 is 1.06 bits per heavy atom. The van der Waals surface area contributed by atoms with E-state index in [0.717, 1.165) is 0 Å². The Hall–Kier alpha value is -4.13. The zero-order valence-corrected chi connectivity index (χ0v) is 17.8. The van der Waals surface area contributed by atoms with Gasteiger partial charge in [-0.2, -0.15) is 0 Å². The second-order valence-corrected chi connectivity index (χ2v) is 7.60. The van der Waals surface area contributed by atoms with Gasteiger partial charge in [-0.05, 0) is 43.3 Å². The fraction of sp³-hybridized carbons (Fsp3) is 0.154. The first kappa shape index (κ1) is 20.8. The van der Waals surface area contributed by atoms with Gasteiger partial charge in [0.25, 0.3) is 0 Å². The Balaban J connectivity index is 1.66. The lowest BCUT2D eigenvalue weighted by molar-refractivity contribution is 0.103. The molecule has 0 fully saturated rings. The van der Waals surface area contributed by atoms with Crippen molar-refractivity contribution < 1.29 is 23.4 Å². The second kappa shape index (κ2) is 8.43. The fourth-order valence-electron chi connectivity index (χ4n) is 3.91. The number of carbonyl (C=O) groups excluding carboxylic acids is 1. The van der Waals surface area contributed by atoms with E-state index in [9.17, 15) is 14.0 Å². The predicted molar refractivity (Wildman–Crippen MR) is 121 cm³/mol. The Morgan fingerprint density at radius 3 is 2.52 bits per heavy atom. The molecule has 0 saturated carbocycles. The first-order valence-corrected chi connectivity index (χ1v) is 10.5. The van der Waals surface area contributed by atoms with Gasteiger partial charge < -0.3 is 18.8 Å². The van der Waals surface area contributed by atoms with Gasteiger partial charge in [0.2, 0.25) is 12.2 Å². The van der Waals surface area contributed by atoms with Crippen LogP contribution < -0.4 is 19.6 Å². The van der Waals surface area contributed by atoms with Gasteiger partial charge in [0.1, 0.15) is 11.6 Å². The average Bonchev–Trinajstić information content (AvgIpc) is 3.29. The summed E-state index contributed by atoms with van der Waals surface area (Å²) < 4.78 is 32.4. The molecule has 0 aliphatic carbocycles. The highest BCUT2D eigenvalue weighted by molar-refractivity contribution is 6.10. The molecular weight excluding hydrogens is 425 g/mol. The predicted octanol–water partition coefficient (Wildman–Crippen LogP) is 4.55. The molecular formula is C26H20FNO5. The van der Waals surface area contributed by atoms with Crippen molar-refractivity contribution in [3.63, 3.8) is 0 Å². The number of aromatic nitrogens is 1. The van der Waals surface area contributed by atoms with Crippen molar-refractivity contribution >= 4 is 16.7 Å². The lowest BCUT2D eigenvalue weighted by Crippen LogP contribution is -2.20. The quantitative estimate of drug-likeness (QED) is 0.408. The molecule has 0 radical (unpaired) electrons. The van der Waals surface area contributed by atoms with Crippen LogP contribution in [0.4, 0.5) is 4.39 Å². The Kier molecular flexibility index (Phi) is 5.30. The zero-order valence-electron chi connectivity index (χ0n) is 17.8. The van der Waals surface area contributed by atoms with Gasteiger partial charge in [-0.25, -0.2) is 4.39 Å². The largest absolute Gasteiger partial charge is 0.494 e. The SMILES string of the molecule is CCOc1ccc(C(=O)c2cn(Cc3ccccc3F)c3cc4c(cc3c2=O)OCO4)cc1. The van der Waals surface area contributed by atoms with Crippen LogP contribution in [-0.2, 0) is 6.54 Å². The molecule has 7 heteroatoms. The third-order valence-corrected chi connectivity index (χ3v) is 5.55. The van der Waals surface area contributed by atoms with Gasteiger partial charge in [0.15, 0.2) is 17.3 Å². The smallest absolute Gasteiger partial charge is 0.231 e. The number of halogens is 1. The topological polar surface area (TPSA) is 66.8 Å².